The lowest BCUT2D eigenvalue weighted by Gasteiger charge is -2.19. The first-order chi connectivity index (χ1) is 12.3. The van der Waals surface area contributed by atoms with Crippen molar-refractivity contribution in [2.75, 3.05) is 31.1 Å². The first-order valence-electron chi connectivity index (χ1n) is 9.28. The second-order valence-corrected chi connectivity index (χ2v) is 6.57. The van der Waals surface area contributed by atoms with E-state index in [9.17, 15) is 4.79 Å². The smallest absolute Gasteiger partial charge is 0.229 e. The summed E-state index contributed by atoms with van der Waals surface area (Å²) in [4.78, 5) is 18.8. The highest BCUT2D eigenvalue weighted by Gasteiger charge is 2.31. The molecule has 2 heterocycles. The summed E-state index contributed by atoms with van der Waals surface area (Å²) in [7, 11) is 0. The van der Waals surface area contributed by atoms with E-state index in [1.807, 2.05) is 42.2 Å². The standard InChI is InChI=1S/C19H28N4O2.HI/c1-2-20-19(21-11-10-17-9-6-12-25-17)22-15-13-18(24)23(14-15)16-7-4-3-5-8-16;/h3-5,7-8,15,17H,2,6,9-14H2,1H3,(H2,20,21,22);1H. The molecule has 2 unspecified atom stereocenters. The highest BCUT2D eigenvalue weighted by molar-refractivity contribution is 14.0. The molecule has 0 aromatic heterocycles. The van der Waals surface area contributed by atoms with Crippen molar-refractivity contribution in [2.45, 2.75) is 44.8 Å². The highest BCUT2D eigenvalue weighted by Crippen LogP contribution is 2.21. The Labute approximate surface area is 172 Å². The Hall–Kier alpha value is -1.35. The predicted molar refractivity (Wildman–Crippen MR) is 115 cm³/mol. The number of hydrogen-bond acceptors (Lipinski definition) is 3. The number of para-hydroxylation sites is 1. The van der Waals surface area contributed by atoms with Gasteiger partial charge in [0.05, 0.1) is 12.1 Å². The Bertz CT molecular complexity index is 590. The molecule has 26 heavy (non-hydrogen) atoms. The van der Waals surface area contributed by atoms with Crippen molar-refractivity contribution >= 4 is 41.5 Å². The van der Waals surface area contributed by atoms with Gasteiger partial charge in [-0.05, 0) is 38.3 Å². The molecule has 2 atom stereocenters. The van der Waals surface area contributed by atoms with Crippen LogP contribution in [-0.2, 0) is 9.53 Å². The molecule has 2 aliphatic rings. The Morgan fingerprint density at radius 1 is 1.35 bits per heavy atom. The van der Waals surface area contributed by atoms with Crippen LogP contribution in [0.5, 0.6) is 0 Å². The molecule has 144 valence electrons. The van der Waals surface area contributed by atoms with Crippen molar-refractivity contribution in [3.8, 4) is 0 Å². The van der Waals surface area contributed by atoms with Crippen LogP contribution >= 0.6 is 24.0 Å². The van der Waals surface area contributed by atoms with Gasteiger partial charge in [0.25, 0.3) is 0 Å². The third kappa shape index (κ3) is 5.84. The maximum absolute atomic E-state index is 12.3. The number of guanidine groups is 1. The number of hydrogen-bond donors (Lipinski definition) is 2. The average Bonchev–Trinajstić information content (AvgIpc) is 3.25. The van der Waals surface area contributed by atoms with Gasteiger partial charge in [-0.15, -0.1) is 24.0 Å². The molecule has 0 saturated carbocycles. The molecule has 2 fully saturated rings. The van der Waals surface area contributed by atoms with Crippen LogP contribution in [0.2, 0.25) is 0 Å². The number of carbonyl (C=O) groups excluding carboxylic acids is 1. The summed E-state index contributed by atoms with van der Waals surface area (Å²) in [5.74, 6) is 0.937. The Balaban J connectivity index is 0.00000243. The Morgan fingerprint density at radius 2 is 2.15 bits per heavy atom. The molecule has 7 heteroatoms. The molecule has 0 radical (unpaired) electrons. The summed E-state index contributed by atoms with van der Waals surface area (Å²) in [6.07, 6.45) is 4.10. The first-order valence-corrected chi connectivity index (χ1v) is 9.28. The molecule has 0 bridgehead atoms. The van der Waals surface area contributed by atoms with Crippen LogP contribution in [0.15, 0.2) is 35.3 Å². The third-order valence-electron chi connectivity index (χ3n) is 4.62. The van der Waals surface area contributed by atoms with Crippen molar-refractivity contribution in [2.24, 2.45) is 4.99 Å². The van der Waals surface area contributed by atoms with Crippen molar-refractivity contribution in [3.05, 3.63) is 30.3 Å². The fraction of sp³-hybridized carbons (Fsp3) is 0.579. The van der Waals surface area contributed by atoms with Gasteiger partial charge in [0.2, 0.25) is 5.91 Å². The zero-order valence-electron chi connectivity index (χ0n) is 15.3. The lowest BCUT2D eigenvalue weighted by atomic mass is 10.2. The van der Waals surface area contributed by atoms with E-state index in [0.717, 1.165) is 50.6 Å². The molecule has 1 aromatic carbocycles. The minimum atomic E-state index is 0. The normalized spacial score (nSPS) is 23.0. The van der Waals surface area contributed by atoms with E-state index in [1.54, 1.807) is 0 Å². The average molecular weight is 472 g/mol. The summed E-state index contributed by atoms with van der Waals surface area (Å²) in [6.45, 7) is 5.14. The van der Waals surface area contributed by atoms with Crippen LogP contribution in [0, 0.1) is 0 Å². The lowest BCUT2D eigenvalue weighted by Crippen LogP contribution is -2.44. The van der Waals surface area contributed by atoms with Crippen molar-refractivity contribution < 1.29 is 9.53 Å². The molecule has 2 saturated heterocycles. The van der Waals surface area contributed by atoms with Crippen LogP contribution in [-0.4, -0.2) is 50.3 Å². The topological polar surface area (TPSA) is 66.0 Å². The van der Waals surface area contributed by atoms with Gasteiger partial charge in [-0.2, -0.15) is 0 Å². The van der Waals surface area contributed by atoms with Crippen LogP contribution in [0.25, 0.3) is 0 Å². The number of nitrogens with one attached hydrogen (secondary N) is 2. The zero-order chi connectivity index (χ0) is 17.5. The number of rotatable bonds is 6. The van der Waals surface area contributed by atoms with Crippen LogP contribution in [0.3, 0.4) is 0 Å². The second-order valence-electron chi connectivity index (χ2n) is 6.57. The van der Waals surface area contributed by atoms with Crippen LogP contribution in [0.1, 0.15) is 32.6 Å². The Morgan fingerprint density at radius 3 is 2.85 bits per heavy atom. The predicted octanol–water partition coefficient (Wildman–Crippen LogP) is 2.53. The molecule has 1 aromatic rings. The summed E-state index contributed by atoms with van der Waals surface area (Å²) < 4.78 is 5.64. The maximum Gasteiger partial charge on any atom is 0.229 e. The summed E-state index contributed by atoms with van der Waals surface area (Å²) >= 11 is 0. The Kier molecular flexibility index (Phi) is 8.64. The number of nitrogens with zero attached hydrogens (tertiary/aromatic N) is 2. The number of amides is 1. The van der Waals surface area contributed by atoms with Gasteiger partial charge in [0.15, 0.2) is 5.96 Å². The van der Waals surface area contributed by atoms with E-state index in [2.05, 4.69) is 15.6 Å². The second kappa shape index (κ2) is 10.7. The van der Waals surface area contributed by atoms with Gasteiger partial charge in [0, 0.05) is 38.3 Å². The maximum atomic E-state index is 12.3. The molecule has 1 amide bonds. The number of aliphatic imine (C=N–C) groups is 1. The highest BCUT2D eigenvalue weighted by atomic mass is 127. The fourth-order valence-corrected chi connectivity index (χ4v) is 3.37. The summed E-state index contributed by atoms with van der Waals surface area (Å²) in [6, 6.07) is 9.90. The fourth-order valence-electron chi connectivity index (χ4n) is 3.37. The van der Waals surface area contributed by atoms with E-state index < -0.39 is 0 Å². The molecule has 2 aliphatic heterocycles. The third-order valence-corrected chi connectivity index (χ3v) is 4.62. The van der Waals surface area contributed by atoms with Gasteiger partial charge in [-0.3, -0.25) is 9.79 Å². The van der Waals surface area contributed by atoms with Gasteiger partial charge < -0.3 is 20.3 Å². The molecule has 2 N–H and O–H groups in total. The van der Waals surface area contributed by atoms with Gasteiger partial charge in [0.1, 0.15) is 0 Å². The zero-order valence-corrected chi connectivity index (χ0v) is 17.6. The van der Waals surface area contributed by atoms with Crippen LogP contribution in [0.4, 0.5) is 5.69 Å². The van der Waals surface area contributed by atoms with E-state index in [1.165, 1.54) is 0 Å². The minimum absolute atomic E-state index is 0. The minimum Gasteiger partial charge on any atom is -0.378 e. The van der Waals surface area contributed by atoms with Crippen molar-refractivity contribution in [1.29, 1.82) is 0 Å². The molecule has 3 rings (SSSR count). The molecule has 0 aliphatic carbocycles. The van der Waals surface area contributed by atoms with Crippen molar-refractivity contribution in [1.82, 2.24) is 10.6 Å². The number of anilines is 1. The van der Waals surface area contributed by atoms with Gasteiger partial charge in [-0.1, -0.05) is 18.2 Å². The summed E-state index contributed by atoms with van der Waals surface area (Å²) in [5, 5.41) is 6.68. The number of ether oxygens (including phenoxy) is 1. The largest absolute Gasteiger partial charge is 0.378 e. The molecular formula is C19H29IN4O2. The molecule has 6 nitrogen and oxygen atoms in total. The summed E-state index contributed by atoms with van der Waals surface area (Å²) in [5.41, 5.74) is 0.956. The number of halogens is 1. The monoisotopic (exact) mass is 472 g/mol. The van der Waals surface area contributed by atoms with E-state index in [4.69, 9.17) is 4.74 Å². The number of carbonyl (C=O) groups is 1. The molecular weight excluding hydrogens is 443 g/mol. The quantitative estimate of drug-likeness (QED) is 0.380. The van der Waals surface area contributed by atoms with Crippen molar-refractivity contribution in [3.63, 3.8) is 0 Å². The van der Waals surface area contributed by atoms with Gasteiger partial charge >= 0.3 is 0 Å². The van der Waals surface area contributed by atoms with Gasteiger partial charge in [-0.25, -0.2) is 0 Å². The van der Waals surface area contributed by atoms with E-state index in [0.29, 0.717) is 19.1 Å². The molecule has 0 spiro atoms. The lowest BCUT2D eigenvalue weighted by molar-refractivity contribution is -0.117. The van der Waals surface area contributed by atoms with E-state index >= 15 is 0 Å². The number of benzene rings is 1. The SMILES string of the molecule is CCNC(=NCCC1CCCO1)NC1CC(=O)N(c2ccccc2)C1.I. The van der Waals surface area contributed by atoms with Crippen LogP contribution < -0.4 is 15.5 Å². The van der Waals surface area contributed by atoms with E-state index in [-0.39, 0.29) is 35.9 Å². The first kappa shape index (κ1) is 21.0.